The minimum Gasteiger partial charge on any atom is -0.319 e. The molecule has 0 saturated carbocycles. The first-order valence-electron chi connectivity index (χ1n) is 8.96. The average Bonchev–Trinajstić information content (AvgIpc) is 3.11. The molecular formula is C23H19N3O2. The van der Waals surface area contributed by atoms with Gasteiger partial charge in [-0.15, -0.1) is 0 Å². The van der Waals surface area contributed by atoms with Crippen molar-refractivity contribution in [1.82, 2.24) is 15.0 Å². The summed E-state index contributed by atoms with van der Waals surface area (Å²) in [5, 5.41) is 8.64. The largest absolute Gasteiger partial charge is 0.319 e. The Morgan fingerprint density at radius 3 is 2.61 bits per heavy atom. The van der Waals surface area contributed by atoms with Gasteiger partial charge in [0.1, 0.15) is 5.82 Å². The topological polar surface area (TPSA) is 67.2 Å². The Labute approximate surface area is 162 Å². The highest BCUT2D eigenvalue weighted by molar-refractivity contribution is 5.91. The molecule has 0 spiro atoms. The third kappa shape index (κ3) is 3.70. The summed E-state index contributed by atoms with van der Waals surface area (Å²) in [6, 6.07) is 26.2. The van der Waals surface area contributed by atoms with E-state index in [-0.39, 0.29) is 0 Å². The van der Waals surface area contributed by atoms with E-state index in [0.29, 0.717) is 6.54 Å². The molecule has 1 aromatic heterocycles. The summed E-state index contributed by atoms with van der Waals surface area (Å²) in [6.07, 6.45) is 2.94. The SMILES string of the molecule is O=C(C=Cc1cccc(-c2nc3ccccc3n2Cc2ccccc2)c1)NO. The molecule has 0 aliphatic rings. The van der Waals surface area contributed by atoms with Crippen molar-refractivity contribution < 1.29 is 10.0 Å². The van der Waals surface area contributed by atoms with Crippen LogP contribution in [0.4, 0.5) is 0 Å². The molecule has 0 saturated heterocycles. The van der Waals surface area contributed by atoms with Crippen LogP contribution in [0.1, 0.15) is 11.1 Å². The van der Waals surface area contributed by atoms with Gasteiger partial charge in [0, 0.05) is 18.2 Å². The zero-order valence-electron chi connectivity index (χ0n) is 15.1. The van der Waals surface area contributed by atoms with Crippen molar-refractivity contribution in [1.29, 1.82) is 0 Å². The summed E-state index contributed by atoms with van der Waals surface area (Å²) in [5.41, 5.74) is 6.60. The summed E-state index contributed by atoms with van der Waals surface area (Å²) in [4.78, 5) is 16.1. The van der Waals surface area contributed by atoms with Crippen LogP contribution >= 0.6 is 0 Å². The van der Waals surface area contributed by atoms with Gasteiger partial charge in [0.2, 0.25) is 0 Å². The highest BCUT2D eigenvalue weighted by Gasteiger charge is 2.13. The number of carbonyl (C=O) groups excluding carboxylic acids is 1. The number of rotatable bonds is 5. The van der Waals surface area contributed by atoms with Gasteiger partial charge in [0.05, 0.1) is 11.0 Å². The first-order chi connectivity index (χ1) is 13.7. The molecule has 1 amide bonds. The van der Waals surface area contributed by atoms with Crippen molar-refractivity contribution in [2.45, 2.75) is 6.54 Å². The molecule has 0 radical (unpaired) electrons. The standard InChI is InChI=1S/C23H19N3O2/c27-22(25-28)14-13-17-9-6-10-19(15-17)23-24-20-11-4-5-12-21(20)26(23)16-18-7-2-1-3-8-18/h1-15,28H,16H2,(H,25,27). The Morgan fingerprint density at radius 1 is 1.00 bits per heavy atom. The second-order valence-corrected chi connectivity index (χ2v) is 6.43. The summed E-state index contributed by atoms with van der Waals surface area (Å²) in [6.45, 7) is 0.712. The van der Waals surface area contributed by atoms with Crippen molar-refractivity contribution in [3.8, 4) is 11.4 Å². The van der Waals surface area contributed by atoms with Crippen molar-refractivity contribution in [2.75, 3.05) is 0 Å². The fraction of sp³-hybridized carbons (Fsp3) is 0.0435. The fourth-order valence-electron chi connectivity index (χ4n) is 3.21. The molecule has 3 aromatic carbocycles. The summed E-state index contributed by atoms with van der Waals surface area (Å²) in [5.74, 6) is 0.300. The highest BCUT2D eigenvalue weighted by atomic mass is 16.5. The van der Waals surface area contributed by atoms with Crippen molar-refractivity contribution in [3.05, 3.63) is 96.1 Å². The lowest BCUT2D eigenvalue weighted by atomic mass is 10.1. The maximum atomic E-state index is 11.3. The Hall–Kier alpha value is -3.70. The molecule has 5 heteroatoms. The number of para-hydroxylation sites is 2. The number of carbonyl (C=O) groups is 1. The zero-order valence-corrected chi connectivity index (χ0v) is 15.1. The number of benzene rings is 3. The van der Waals surface area contributed by atoms with Crippen molar-refractivity contribution in [3.63, 3.8) is 0 Å². The summed E-state index contributed by atoms with van der Waals surface area (Å²) >= 11 is 0. The van der Waals surface area contributed by atoms with Gasteiger partial charge in [-0.3, -0.25) is 10.0 Å². The number of amides is 1. The number of hydrogen-bond acceptors (Lipinski definition) is 3. The smallest absolute Gasteiger partial charge is 0.267 e. The number of nitrogens with zero attached hydrogens (tertiary/aromatic N) is 2. The van der Waals surface area contributed by atoms with Crippen LogP contribution in [0.5, 0.6) is 0 Å². The minimum atomic E-state index is -0.568. The first-order valence-corrected chi connectivity index (χ1v) is 8.96. The lowest BCUT2D eigenvalue weighted by Crippen LogP contribution is -2.14. The van der Waals surface area contributed by atoms with Gasteiger partial charge in [-0.05, 0) is 35.4 Å². The molecule has 0 fully saturated rings. The number of hydrogen-bond donors (Lipinski definition) is 2. The molecule has 0 atom stereocenters. The van der Waals surface area contributed by atoms with Gasteiger partial charge in [-0.2, -0.15) is 0 Å². The van der Waals surface area contributed by atoms with E-state index in [9.17, 15) is 4.79 Å². The Bertz CT molecular complexity index is 1150. The van der Waals surface area contributed by atoms with Gasteiger partial charge in [0.25, 0.3) is 5.91 Å². The van der Waals surface area contributed by atoms with E-state index in [1.54, 1.807) is 11.6 Å². The summed E-state index contributed by atoms with van der Waals surface area (Å²) < 4.78 is 2.20. The Morgan fingerprint density at radius 2 is 1.79 bits per heavy atom. The highest BCUT2D eigenvalue weighted by Crippen LogP contribution is 2.27. The summed E-state index contributed by atoms with van der Waals surface area (Å²) in [7, 11) is 0. The van der Waals surface area contributed by atoms with Gasteiger partial charge in [0.15, 0.2) is 0 Å². The van der Waals surface area contributed by atoms with Gasteiger partial charge in [-0.25, -0.2) is 10.5 Å². The van der Waals surface area contributed by atoms with Gasteiger partial charge in [-0.1, -0.05) is 60.7 Å². The molecule has 2 N–H and O–H groups in total. The Balaban J connectivity index is 1.79. The maximum absolute atomic E-state index is 11.3. The zero-order chi connectivity index (χ0) is 19.3. The van der Waals surface area contributed by atoms with Crippen LogP contribution in [0, 0.1) is 0 Å². The minimum absolute atomic E-state index is 0.568. The number of aromatic nitrogens is 2. The van der Waals surface area contributed by atoms with E-state index < -0.39 is 5.91 Å². The number of hydroxylamine groups is 1. The maximum Gasteiger partial charge on any atom is 0.267 e. The molecule has 0 unspecified atom stereocenters. The molecule has 0 aliphatic heterocycles. The molecule has 0 aliphatic carbocycles. The van der Waals surface area contributed by atoms with Crippen LogP contribution in [-0.4, -0.2) is 20.7 Å². The molecule has 138 valence electrons. The first kappa shape index (κ1) is 17.7. The fourth-order valence-corrected chi connectivity index (χ4v) is 3.21. The monoisotopic (exact) mass is 369 g/mol. The predicted molar refractivity (Wildman–Crippen MR) is 110 cm³/mol. The van der Waals surface area contributed by atoms with Gasteiger partial charge < -0.3 is 4.57 Å². The van der Waals surface area contributed by atoms with Gasteiger partial charge >= 0.3 is 0 Å². The van der Waals surface area contributed by atoms with Crippen LogP contribution < -0.4 is 5.48 Å². The third-order valence-electron chi connectivity index (χ3n) is 4.52. The van der Waals surface area contributed by atoms with E-state index >= 15 is 0 Å². The molecule has 4 aromatic rings. The average molecular weight is 369 g/mol. The van der Waals surface area contributed by atoms with E-state index in [4.69, 9.17) is 10.2 Å². The van der Waals surface area contributed by atoms with Crippen LogP contribution in [0.2, 0.25) is 0 Å². The molecule has 5 nitrogen and oxygen atoms in total. The van der Waals surface area contributed by atoms with E-state index in [2.05, 4.69) is 22.8 Å². The Kier molecular flexibility index (Phi) is 4.99. The lowest BCUT2D eigenvalue weighted by molar-refractivity contribution is -0.124. The quantitative estimate of drug-likeness (QED) is 0.314. The predicted octanol–water partition coefficient (Wildman–Crippen LogP) is 4.27. The number of imidazole rings is 1. The second-order valence-electron chi connectivity index (χ2n) is 6.43. The molecule has 1 heterocycles. The molecule has 4 rings (SSSR count). The van der Waals surface area contributed by atoms with Crippen molar-refractivity contribution in [2.24, 2.45) is 0 Å². The van der Waals surface area contributed by atoms with Crippen LogP contribution in [0.25, 0.3) is 28.5 Å². The number of fused-ring (bicyclic) bond motifs is 1. The van der Waals surface area contributed by atoms with Crippen LogP contribution in [0.3, 0.4) is 0 Å². The second kappa shape index (κ2) is 7.90. The van der Waals surface area contributed by atoms with E-state index in [1.165, 1.54) is 11.6 Å². The number of nitrogens with one attached hydrogen (secondary N) is 1. The van der Waals surface area contributed by atoms with Crippen molar-refractivity contribution >= 4 is 23.0 Å². The molecule has 28 heavy (non-hydrogen) atoms. The lowest BCUT2D eigenvalue weighted by Gasteiger charge is -2.10. The van der Waals surface area contributed by atoms with Crippen LogP contribution in [-0.2, 0) is 11.3 Å². The van der Waals surface area contributed by atoms with Crippen LogP contribution in [0.15, 0.2) is 84.9 Å². The normalized spacial score (nSPS) is 11.2. The van der Waals surface area contributed by atoms with E-state index in [0.717, 1.165) is 28.0 Å². The molecule has 0 bridgehead atoms. The van der Waals surface area contributed by atoms with E-state index in [1.807, 2.05) is 60.7 Å². The third-order valence-corrected chi connectivity index (χ3v) is 4.52. The molecular weight excluding hydrogens is 350 g/mol.